The highest BCUT2D eigenvalue weighted by atomic mass is 35.5. The monoisotopic (exact) mass is 394 g/mol. The Balaban J connectivity index is 1.82. The van der Waals surface area contributed by atoms with Crippen LogP contribution >= 0.6 is 22.9 Å². The second-order valence-corrected chi connectivity index (χ2v) is 7.95. The van der Waals surface area contributed by atoms with E-state index in [1.54, 1.807) is 24.4 Å². The molecule has 136 valence electrons. The van der Waals surface area contributed by atoms with Gasteiger partial charge in [0, 0.05) is 17.8 Å². The Bertz CT molecular complexity index is 914. The zero-order valence-corrected chi connectivity index (χ0v) is 15.9. The van der Waals surface area contributed by atoms with Crippen molar-refractivity contribution in [2.24, 2.45) is 5.92 Å². The summed E-state index contributed by atoms with van der Waals surface area (Å²) in [4.78, 5) is 9.06. The lowest BCUT2D eigenvalue weighted by Crippen LogP contribution is -2.01. The molecule has 0 aliphatic heterocycles. The van der Waals surface area contributed by atoms with Gasteiger partial charge in [0.1, 0.15) is 18.2 Å². The van der Waals surface area contributed by atoms with Crippen LogP contribution in [-0.2, 0) is 13.0 Å². The first kappa shape index (κ1) is 18.7. The van der Waals surface area contributed by atoms with E-state index in [1.807, 2.05) is 13.8 Å². The van der Waals surface area contributed by atoms with Crippen molar-refractivity contribution < 1.29 is 13.5 Å². The smallest absolute Gasteiger partial charge is 0.214 e. The van der Waals surface area contributed by atoms with Gasteiger partial charge in [-0.2, -0.15) is 0 Å². The third-order valence-electron chi connectivity index (χ3n) is 3.65. The third kappa shape index (κ3) is 4.56. The Labute approximate surface area is 159 Å². The Kier molecular flexibility index (Phi) is 5.84. The molecule has 0 bridgehead atoms. The summed E-state index contributed by atoms with van der Waals surface area (Å²) in [6, 6.07) is 7.42. The molecule has 1 aromatic carbocycles. The standard InChI is InChI=1S/C19H17ClF2N2OS/c1-11(2)6-12-7-16(22)14(8-15(12)21)17-4-3-5-18(24-17)25-10-13-9-23-19(20)26-13/h3-5,7-9,11H,6,10H2,1-2H3. The molecule has 0 aliphatic rings. The topological polar surface area (TPSA) is 35.0 Å². The minimum absolute atomic E-state index is 0.112. The molecule has 7 heteroatoms. The Morgan fingerprint density at radius 3 is 2.69 bits per heavy atom. The highest BCUT2D eigenvalue weighted by molar-refractivity contribution is 7.15. The first-order chi connectivity index (χ1) is 12.4. The highest BCUT2D eigenvalue weighted by Crippen LogP contribution is 2.27. The number of halogens is 3. The largest absolute Gasteiger partial charge is 0.472 e. The van der Waals surface area contributed by atoms with Crippen LogP contribution in [0.3, 0.4) is 0 Å². The average molecular weight is 395 g/mol. The summed E-state index contributed by atoms with van der Waals surface area (Å²) < 4.78 is 34.8. The van der Waals surface area contributed by atoms with E-state index in [9.17, 15) is 8.78 Å². The van der Waals surface area contributed by atoms with E-state index in [-0.39, 0.29) is 18.1 Å². The number of benzene rings is 1. The molecule has 0 saturated heterocycles. The molecule has 0 atom stereocenters. The molecule has 0 N–H and O–H groups in total. The second kappa shape index (κ2) is 8.10. The summed E-state index contributed by atoms with van der Waals surface area (Å²) in [5.74, 6) is -0.369. The molecule has 3 nitrogen and oxygen atoms in total. The molecule has 0 saturated carbocycles. The van der Waals surface area contributed by atoms with Crippen molar-refractivity contribution in [3.05, 3.63) is 63.1 Å². The predicted octanol–water partition coefficient (Wildman–Crippen LogP) is 5.91. The Morgan fingerprint density at radius 2 is 2.00 bits per heavy atom. The van der Waals surface area contributed by atoms with Gasteiger partial charge in [-0.3, -0.25) is 0 Å². The molecule has 26 heavy (non-hydrogen) atoms. The molecule has 0 aliphatic carbocycles. The predicted molar refractivity (Wildman–Crippen MR) is 99.6 cm³/mol. The van der Waals surface area contributed by atoms with Gasteiger partial charge in [-0.15, -0.1) is 11.3 Å². The number of pyridine rings is 1. The number of ether oxygens (including phenoxy) is 1. The van der Waals surface area contributed by atoms with Crippen LogP contribution in [0.15, 0.2) is 36.5 Å². The van der Waals surface area contributed by atoms with Gasteiger partial charge in [0.05, 0.1) is 10.6 Å². The number of hydrogen-bond acceptors (Lipinski definition) is 4. The molecule has 0 unspecified atom stereocenters. The number of aromatic nitrogens is 2. The van der Waals surface area contributed by atoms with Crippen LogP contribution in [0.25, 0.3) is 11.3 Å². The summed E-state index contributed by atoms with van der Waals surface area (Å²) in [6.07, 6.45) is 2.11. The molecule has 0 spiro atoms. The SMILES string of the molecule is CC(C)Cc1cc(F)c(-c2cccc(OCc3cnc(Cl)s3)n2)cc1F. The molecule has 0 amide bonds. The second-order valence-electron chi connectivity index (χ2n) is 6.25. The van der Waals surface area contributed by atoms with E-state index in [2.05, 4.69) is 9.97 Å². The van der Waals surface area contributed by atoms with Gasteiger partial charge in [-0.25, -0.2) is 18.7 Å². The summed E-state index contributed by atoms with van der Waals surface area (Å²) >= 11 is 7.09. The van der Waals surface area contributed by atoms with Gasteiger partial charge >= 0.3 is 0 Å². The zero-order chi connectivity index (χ0) is 18.7. The fourth-order valence-corrected chi connectivity index (χ4v) is 3.41. The van der Waals surface area contributed by atoms with Gasteiger partial charge < -0.3 is 4.74 Å². The van der Waals surface area contributed by atoms with Gasteiger partial charge in [-0.1, -0.05) is 31.5 Å². The van der Waals surface area contributed by atoms with Crippen LogP contribution in [-0.4, -0.2) is 9.97 Å². The first-order valence-corrected chi connectivity index (χ1v) is 9.30. The van der Waals surface area contributed by atoms with Gasteiger partial charge in [0.15, 0.2) is 4.47 Å². The van der Waals surface area contributed by atoms with E-state index in [0.29, 0.717) is 28.0 Å². The van der Waals surface area contributed by atoms with Crippen LogP contribution in [0.4, 0.5) is 8.78 Å². The summed E-state index contributed by atoms with van der Waals surface area (Å²) in [6.45, 7) is 4.18. The van der Waals surface area contributed by atoms with Gasteiger partial charge in [-0.05, 0) is 36.1 Å². The summed E-state index contributed by atoms with van der Waals surface area (Å²) in [7, 11) is 0. The summed E-state index contributed by atoms with van der Waals surface area (Å²) in [5.41, 5.74) is 0.800. The fraction of sp³-hybridized carbons (Fsp3) is 0.263. The number of nitrogens with zero attached hydrogens (tertiary/aromatic N) is 2. The van der Waals surface area contributed by atoms with Crippen molar-refractivity contribution in [2.75, 3.05) is 0 Å². The normalized spacial score (nSPS) is 11.2. The maximum absolute atomic E-state index is 14.5. The minimum Gasteiger partial charge on any atom is -0.472 e. The third-order valence-corrected chi connectivity index (χ3v) is 4.74. The maximum Gasteiger partial charge on any atom is 0.214 e. The van der Waals surface area contributed by atoms with Gasteiger partial charge in [0.25, 0.3) is 0 Å². The van der Waals surface area contributed by atoms with E-state index >= 15 is 0 Å². The van der Waals surface area contributed by atoms with Crippen LogP contribution in [0, 0.1) is 17.6 Å². The van der Waals surface area contributed by atoms with Crippen LogP contribution in [0.2, 0.25) is 4.47 Å². The van der Waals surface area contributed by atoms with E-state index in [1.165, 1.54) is 23.5 Å². The number of hydrogen-bond donors (Lipinski definition) is 0. The van der Waals surface area contributed by atoms with E-state index < -0.39 is 11.6 Å². The lowest BCUT2D eigenvalue weighted by Gasteiger charge is -2.11. The quantitative estimate of drug-likeness (QED) is 0.521. The van der Waals surface area contributed by atoms with Crippen LogP contribution in [0.1, 0.15) is 24.3 Å². The van der Waals surface area contributed by atoms with Crippen molar-refractivity contribution in [1.82, 2.24) is 9.97 Å². The minimum atomic E-state index is -0.499. The molecule has 3 rings (SSSR count). The fourth-order valence-electron chi connectivity index (χ4n) is 2.52. The zero-order valence-electron chi connectivity index (χ0n) is 14.3. The van der Waals surface area contributed by atoms with Crippen molar-refractivity contribution >= 4 is 22.9 Å². The lowest BCUT2D eigenvalue weighted by atomic mass is 9.99. The van der Waals surface area contributed by atoms with E-state index in [4.69, 9.17) is 16.3 Å². The molecule has 2 aromatic heterocycles. The Hall–Kier alpha value is -2.05. The van der Waals surface area contributed by atoms with Crippen LogP contribution < -0.4 is 4.74 Å². The van der Waals surface area contributed by atoms with Crippen molar-refractivity contribution in [3.8, 4) is 17.1 Å². The number of rotatable bonds is 6. The molecular formula is C19H17ClF2N2OS. The molecular weight excluding hydrogens is 378 g/mol. The lowest BCUT2D eigenvalue weighted by molar-refractivity contribution is 0.297. The highest BCUT2D eigenvalue weighted by Gasteiger charge is 2.14. The summed E-state index contributed by atoms with van der Waals surface area (Å²) in [5, 5.41) is 0. The van der Waals surface area contributed by atoms with Crippen molar-refractivity contribution in [2.45, 2.75) is 26.9 Å². The van der Waals surface area contributed by atoms with Crippen molar-refractivity contribution in [1.29, 1.82) is 0 Å². The van der Waals surface area contributed by atoms with Crippen LogP contribution in [0.5, 0.6) is 5.88 Å². The molecule has 0 radical (unpaired) electrons. The number of thiazole rings is 1. The first-order valence-electron chi connectivity index (χ1n) is 8.10. The maximum atomic E-state index is 14.5. The van der Waals surface area contributed by atoms with E-state index in [0.717, 1.165) is 4.88 Å². The molecule has 2 heterocycles. The molecule has 0 fully saturated rings. The Morgan fingerprint density at radius 1 is 1.19 bits per heavy atom. The van der Waals surface area contributed by atoms with Gasteiger partial charge in [0.2, 0.25) is 5.88 Å². The average Bonchev–Trinajstić information content (AvgIpc) is 3.01. The van der Waals surface area contributed by atoms with Crippen molar-refractivity contribution in [3.63, 3.8) is 0 Å². The molecule has 3 aromatic rings.